The molecule has 1 aliphatic rings. The number of ether oxygens (including phenoxy) is 3. The van der Waals surface area contributed by atoms with Crippen LogP contribution in [0, 0.1) is 0 Å². The van der Waals surface area contributed by atoms with Crippen LogP contribution >= 0.6 is 23.5 Å². The van der Waals surface area contributed by atoms with Crippen molar-refractivity contribution in [3.05, 3.63) is 42.2 Å². The molecule has 3 aromatic rings. The number of nitrogens with zero attached hydrogens (tertiary/aromatic N) is 2. The second-order valence-corrected chi connectivity index (χ2v) is 9.46. The van der Waals surface area contributed by atoms with Crippen LogP contribution in [0.25, 0.3) is 10.9 Å². The first-order valence-electron chi connectivity index (χ1n) is 10.5. The van der Waals surface area contributed by atoms with Crippen molar-refractivity contribution in [2.24, 2.45) is 4.99 Å². The number of aliphatic imine (C=N–C) groups is 1. The molecule has 3 heterocycles. The number of benzene rings is 1. The highest BCUT2D eigenvalue weighted by atomic mass is 32.2. The highest BCUT2D eigenvalue weighted by molar-refractivity contribution is 8.15. The van der Waals surface area contributed by atoms with Gasteiger partial charge in [-0.2, -0.15) is 0 Å². The van der Waals surface area contributed by atoms with Gasteiger partial charge in [0.25, 0.3) is 0 Å². The zero-order valence-electron chi connectivity index (χ0n) is 18.7. The third kappa shape index (κ3) is 5.82. The topological polar surface area (TPSA) is 97.8 Å². The zero-order chi connectivity index (χ0) is 23.2. The zero-order valence-corrected chi connectivity index (χ0v) is 20.3. The van der Waals surface area contributed by atoms with Crippen molar-refractivity contribution in [1.29, 1.82) is 0 Å². The molecule has 174 valence electrons. The Bertz CT molecular complexity index is 1150. The number of aromatic amines is 1. The van der Waals surface area contributed by atoms with Gasteiger partial charge >= 0.3 is 0 Å². The number of methoxy groups -OCH3 is 2. The molecule has 4 rings (SSSR count). The van der Waals surface area contributed by atoms with E-state index in [0.29, 0.717) is 43.4 Å². The first kappa shape index (κ1) is 23.5. The monoisotopic (exact) mass is 486 g/mol. The summed E-state index contributed by atoms with van der Waals surface area (Å²) < 4.78 is 16.6. The first-order chi connectivity index (χ1) is 16.1. The molecule has 0 radical (unpaired) electrons. The van der Waals surface area contributed by atoms with Crippen LogP contribution in [0.1, 0.15) is 12.1 Å². The number of hydrogen-bond donors (Lipinski definition) is 2. The molecule has 0 bridgehead atoms. The molecule has 1 amide bonds. The summed E-state index contributed by atoms with van der Waals surface area (Å²) in [7, 11) is 3.25. The van der Waals surface area contributed by atoms with Gasteiger partial charge in [-0.3, -0.25) is 9.79 Å². The van der Waals surface area contributed by atoms with Gasteiger partial charge in [0, 0.05) is 36.8 Å². The van der Waals surface area contributed by atoms with Gasteiger partial charge < -0.3 is 24.5 Å². The highest BCUT2D eigenvalue weighted by Gasteiger charge is 2.24. The van der Waals surface area contributed by atoms with Crippen molar-refractivity contribution in [2.45, 2.75) is 16.7 Å². The fourth-order valence-electron chi connectivity index (χ4n) is 3.45. The largest absolute Gasteiger partial charge is 0.494 e. The second kappa shape index (κ2) is 11.0. The van der Waals surface area contributed by atoms with Gasteiger partial charge in [-0.25, -0.2) is 4.98 Å². The van der Waals surface area contributed by atoms with Crippen molar-refractivity contribution in [3.63, 3.8) is 0 Å². The number of thioether (sulfide) groups is 2. The molecule has 8 nitrogen and oxygen atoms in total. The van der Waals surface area contributed by atoms with E-state index in [1.54, 1.807) is 43.9 Å². The van der Waals surface area contributed by atoms with Crippen LogP contribution < -0.4 is 14.8 Å². The molecule has 1 aliphatic heterocycles. The van der Waals surface area contributed by atoms with Gasteiger partial charge in [0.15, 0.2) is 0 Å². The van der Waals surface area contributed by atoms with Crippen molar-refractivity contribution in [3.8, 4) is 17.2 Å². The van der Waals surface area contributed by atoms with E-state index in [1.807, 2.05) is 36.6 Å². The summed E-state index contributed by atoms with van der Waals surface area (Å²) in [5, 5.41) is 5.76. The number of carbonyl (C=O) groups is 1. The number of rotatable bonds is 10. The maximum Gasteiger partial charge on any atom is 0.221 e. The summed E-state index contributed by atoms with van der Waals surface area (Å²) in [6, 6.07) is 9.66. The molecular weight excluding hydrogens is 460 g/mol. The summed E-state index contributed by atoms with van der Waals surface area (Å²) in [5.41, 5.74) is 1.78. The molecule has 0 saturated carbocycles. The van der Waals surface area contributed by atoms with E-state index < -0.39 is 0 Å². The van der Waals surface area contributed by atoms with Gasteiger partial charge in [-0.15, -0.1) is 11.8 Å². The average Bonchev–Trinajstić information content (AvgIpc) is 3.46. The predicted octanol–water partition coefficient (Wildman–Crippen LogP) is 4.10. The Balaban J connectivity index is 1.46. The molecular formula is C23H26N4O4S2. The van der Waals surface area contributed by atoms with Gasteiger partial charge in [0.1, 0.15) is 22.3 Å². The van der Waals surface area contributed by atoms with E-state index in [0.717, 1.165) is 26.7 Å². The minimum Gasteiger partial charge on any atom is -0.494 e. The standard InChI is InChI=1S/C23H26N4O4S2/c1-29-7-6-24-20(28)11-17-13-26-23(33-17)18-9-14-8-16(10-19(30-2)22(14)27-18)31-15-4-5-21(32-3)25-12-15/h4-5,8-10,12,17,27H,6-7,11,13H2,1-3H3,(H,24,28). The molecule has 1 atom stereocenters. The molecule has 1 aromatic carbocycles. The molecule has 10 heteroatoms. The molecule has 0 aliphatic carbocycles. The number of pyridine rings is 1. The second-order valence-electron chi connectivity index (χ2n) is 7.34. The number of fused-ring (bicyclic) bond motifs is 1. The summed E-state index contributed by atoms with van der Waals surface area (Å²) in [5.74, 6) is 2.02. The van der Waals surface area contributed by atoms with Gasteiger partial charge in [0.05, 0.1) is 42.7 Å². The summed E-state index contributed by atoms with van der Waals surface area (Å²) >= 11 is 3.20. The van der Waals surface area contributed by atoms with E-state index in [-0.39, 0.29) is 11.2 Å². The summed E-state index contributed by atoms with van der Waals surface area (Å²) in [4.78, 5) is 24.5. The summed E-state index contributed by atoms with van der Waals surface area (Å²) in [6.07, 6.45) is 4.12. The Kier molecular flexibility index (Phi) is 7.79. The van der Waals surface area contributed by atoms with Crippen molar-refractivity contribution < 1.29 is 19.0 Å². The van der Waals surface area contributed by atoms with E-state index in [9.17, 15) is 4.79 Å². The Morgan fingerprint density at radius 1 is 1.27 bits per heavy atom. The summed E-state index contributed by atoms with van der Waals surface area (Å²) in [6.45, 7) is 1.63. The van der Waals surface area contributed by atoms with Crippen LogP contribution in [0.15, 0.2) is 46.5 Å². The fraction of sp³-hybridized carbons (Fsp3) is 0.348. The Labute approximate surface area is 200 Å². The normalized spacial score (nSPS) is 15.5. The maximum absolute atomic E-state index is 12.1. The third-order valence-electron chi connectivity index (χ3n) is 5.03. The van der Waals surface area contributed by atoms with E-state index >= 15 is 0 Å². The Morgan fingerprint density at radius 3 is 2.88 bits per heavy atom. The molecule has 2 N–H and O–H groups in total. The molecule has 1 unspecified atom stereocenters. The lowest BCUT2D eigenvalue weighted by atomic mass is 10.2. The van der Waals surface area contributed by atoms with Crippen LogP contribution in [0.2, 0.25) is 0 Å². The third-order valence-corrected chi connectivity index (χ3v) is 6.91. The van der Waals surface area contributed by atoms with Crippen LogP contribution in [0.4, 0.5) is 0 Å². The predicted molar refractivity (Wildman–Crippen MR) is 133 cm³/mol. The molecule has 0 spiro atoms. The minimum atomic E-state index is 0.0150. The highest BCUT2D eigenvalue weighted by Crippen LogP contribution is 2.36. The van der Waals surface area contributed by atoms with Gasteiger partial charge in [-0.05, 0) is 30.5 Å². The van der Waals surface area contributed by atoms with E-state index in [4.69, 9.17) is 14.2 Å². The fourth-order valence-corrected chi connectivity index (χ4v) is 4.89. The van der Waals surface area contributed by atoms with Gasteiger partial charge in [-0.1, -0.05) is 11.8 Å². The number of carbonyl (C=O) groups excluding carboxylic acids is 1. The van der Waals surface area contributed by atoms with Crippen LogP contribution in [0.3, 0.4) is 0 Å². The minimum absolute atomic E-state index is 0.0150. The van der Waals surface area contributed by atoms with E-state index in [2.05, 4.69) is 20.3 Å². The lowest BCUT2D eigenvalue weighted by molar-refractivity contribution is -0.121. The average molecular weight is 487 g/mol. The lowest BCUT2D eigenvalue weighted by Crippen LogP contribution is -2.29. The van der Waals surface area contributed by atoms with Crippen LogP contribution in [0.5, 0.6) is 17.2 Å². The SMILES string of the molecule is COCCNC(=O)CC1CN=C(c2cc3cc(Oc4ccc(SC)nc4)cc(OC)c3[nH]2)S1. The molecule has 33 heavy (non-hydrogen) atoms. The van der Waals surface area contributed by atoms with Crippen molar-refractivity contribution >= 4 is 45.4 Å². The number of aromatic nitrogens is 2. The van der Waals surface area contributed by atoms with Crippen LogP contribution in [-0.2, 0) is 9.53 Å². The quantitative estimate of drug-likeness (QED) is 0.329. The van der Waals surface area contributed by atoms with Crippen molar-refractivity contribution in [1.82, 2.24) is 15.3 Å². The maximum atomic E-state index is 12.1. The molecule has 2 aromatic heterocycles. The number of amides is 1. The van der Waals surface area contributed by atoms with Crippen molar-refractivity contribution in [2.75, 3.05) is 40.2 Å². The van der Waals surface area contributed by atoms with Crippen LogP contribution in [-0.4, -0.2) is 66.3 Å². The Morgan fingerprint density at radius 2 is 2.15 bits per heavy atom. The molecule has 0 fully saturated rings. The Hall–Kier alpha value is -2.69. The van der Waals surface area contributed by atoms with E-state index in [1.165, 1.54) is 0 Å². The smallest absolute Gasteiger partial charge is 0.221 e. The molecule has 0 saturated heterocycles. The lowest BCUT2D eigenvalue weighted by Gasteiger charge is -2.09. The van der Waals surface area contributed by atoms with Gasteiger partial charge in [0.2, 0.25) is 5.91 Å². The number of nitrogens with one attached hydrogen (secondary N) is 2. The number of H-pyrrole nitrogens is 1. The first-order valence-corrected chi connectivity index (χ1v) is 12.6. The number of hydrogen-bond acceptors (Lipinski definition) is 8.